The fraction of sp³-hybridized carbons (Fsp3) is 0.500. The highest BCUT2D eigenvalue weighted by Crippen LogP contribution is 2.37. The van der Waals surface area contributed by atoms with Gasteiger partial charge in [0, 0.05) is 37.1 Å². The molecule has 8 nitrogen and oxygen atoms in total. The van der Waals surface area contributed by atoms with Crippen molar-refractivity contribution in [3.05, 3.63) is 46.4 Å². The summed E-state index contributed by atoms with van der Waals surface area (Å²) in [6.07, 6.45) is -4.42. The fourth-order valence-corrected chi connectivity index (χ4v) is 4.55. The van der Waals surface area contributed by atoms with E-state index in [0.717, 1.165) is 38.2 Å². The fourth-order valence-electron chi connectivity index (χ4n) is 3.60. The molecule has 2 aliphatic rings. The van der Waals surface area contributed by atoms with E-state index in [2.05, 4.69) is 28.3 Å². The number of aliphatic carboxylic acids is 2. The number of hydrogen-bond acceptors (Lipinski definition) is 7. The highest BCUT2D eigenvalue weighted by atomic mass is 32.1. The Bertz CT molecular complexity index is 1010. The third-order valence-corrected chi connectivity index (χ3v) is 6.34. The number of carbonyl (C=O) groups is 2. The van der Waals surface area contributed by atoms with Crippen molar-refractivity contribution in [3.63, 3.8) is 0 Å². The quantitative estimate of drug-likeness (QED) is 0.527. The van der Waals surface area contributed by atoms with E-state index >= 15 is 0 Å². The monoisotopic (exact) mass is 558 g/mol. The van der Waals surface area contributed by atoms with Gasteiger partial charge in [0.05, 0.1) is 18.4 Å². The van der Waals surface area contributed by atoms with Gasteiger partial charge in [-0.3, -0.25) is 9.88 Å². The predicted molar refractivity (Wildman–Crippen MR) is 118 cm³/mol. The Morgan fingerprint density at radius 1 is 1.19 bits per heavy atom. The Hall–Kier alpha value is -2.91. The molecule has 0 saturated carbocycles. The smallest absolute Gasteiger partial charge is 0.486 e. The molecule has 2 saturated heterocycles. The van der Waals surface area contributed by atoms with Gasteiger partial charge in [0.2, 0.25) is 0 Å². The van der Waals surface area contributed by atoms with Crippen molar-refractivity contribution < 1.29 is 55.6 Å². The first-order valence-corrected chi connectivity index (χ1v) is 11.6. The van der Waals surface area contributed by atoms with Crippen molar-refractivity contribution in [1.82, 2.24) is 9.88 Å². The van der Waals surface area contributed by atoms with Crippen LogP contribution in [-0.2, 0) is 20.9 Å². The minimum atomic E-state index is -5.08. The van der Waals surface area contributed by atoms with Crippen molar-refractivity contribution in [2.24, 2.45) is 0 Å². The first-order chi connectivity index (χ1) is 17.1. The van der Waals surface area contributed by atoms with E-state index < -0.39 is 24.3 Å². The van der Waals surface area contributed by atoms with Gasteiger partial charge in [-0.25, -0.2) is 9.59 Å². The van der Waals surface area contributed by atoms with Crippen LogP contribution < -0.4 is 4.74 Å². The van der Waals surface area contributed by atoms with Crippen molar-refractivity contribution in [1.29, 1.82) is 0 Å². The van der Waals surface area contributed by atoms with Gasteiger partial charge < -0.3 is 19.7 Å². The normalized spacial score (nSPS) is 21.5. The van der Waals surface area contributed by atoms with Crippen molar-refractivity contribution in [2.75, 3.05) is 19.7 Å². The second-order valence-electron chi connectivity index (χ2n) is 8.22. The molecule has 2 aliphatic heterocycles. The number of ether oxygens (including phenoxy) is 2. The molecule has 2 atom stereocenters. The van der Waals surface area contributed by atoms with Crippen LogP contribution in [0.5, 0.6) is 5.75 Å². The molecule has 0 aliphatic carbocycles. The standard InChI is InChI=1S/C18H22N2O2S.2C2HF3O2/c1-14-4-8-23-17(14)11-20-7-5-18(13-20)9-16(12-21-18)22-15-3-2-6-19-10-15;2*3-2(4,5)1(6)7/h2-4,6,8,10,16H,5,7,9,11-13H2,1H3;2*(H,6,7)/t16-,18-;;/m0../s1. The third-order valence-electron chi connectivity index (χ3n) is 5.33. The number of carboxylic acids is 2. The largest absolute Gasteiger partial charge is 0.490 e. The molecule has 2 aromatic heterocycles. The van der Waals surface area contributed by atoms with Gasteiger partial charge in [0.15, 0.2) is 0 Å². The number of likely N-dealkylation sites (tertiary alicyclic amines) is 1. The number of halogens is 6. The lowest BCUT2D eigenvalue weighted by atomic mass is 9.98. The summed E-state index contributed by atoms with van der Waals surface area (Å²) in [4.78, 5) is 25.9. The first-order valence-electron chi connectivity index (χ1n) is 10.7. The lowest BCUT2D eigenvalue weighted by Gasteiger charge is -2.23. The molecule has 15 heteroatoms. The lowest BCUT2D eigenvalue weighted by molar-refractivity contribution is -0.193. The van der Waals surface area contributed by atoms with Crippen LogP contribution in [0.25, 0.3) is 0 Å². The SMILES string of the molecule is Cc1ccsc1CN1CC[C@]2(C[C@H](Oc3cccnc3)CO2)C1.O=C(O)C(F)(F)F.O=C(O)C(F)(F)F. The van der Waals surface area contributed by atoms with Gasteiger partial charge in [-0.15, -0.1) is 11.3 Å². The van der Waals surface area contributed by atoms with E-state index in [-0.39, 0.29) is 11.7 Å². The van der Waals surface area contributed by atoms with Crippen LogP contribution in [0.15, 0.2) is 36.0 Å². The summed E-state index contributed by atoms with van der Waals surface area (Å²) >= 11 is 1.86. The highest BCUT2D eigenvalue weighted by molar-refractivity contribution is 7.10. The van der Waals surface area contributed by atoms with Gasteiger partial charge in [-0.05, 0) is 42.5 Å². The minimum Gasteiger partial charge on any atom is -0.486 e. The second kappa shape index (κ2) is 12.6. The zero-order valence-electron chi connectivity index (χ0n) is 19.4. The Kier molecular flexibility index (Phi) is 10.3. The van der Waals surface area contributed by atoms with Crippen LogP contribution >= 0.6 is 11.3 Å². The van der Waals surface area contributed by atoms with Gasteiger partial charge in [0.25, 0.3) is 0 Å². The average Bonchev–Trinajstić information content (AvgIpc) is 3.50. The van der Waals surface area contributed by atoms with Gasteiger partial charge >= 0.3 is 24.3 Å². The summed E-state index contributed by atoms with van der Waals surface area (Å²) in [5.74, 6) is -4.68. The molecule has 37 heavy (non-hydrogen) atoms. The number of thiophene rings is 1. The molecule has 1 spiro atoms. The first kappa shape index (κ1) is 30.3. The molecule has 2 fully saturated rings. The topological polar surface area (TPSA) is 109 Å². The van der Waals surface area contributed by atoms with E-state index in [9.17, 15) is 26.3 Å². The molecule has 0 aromatic carbocycles. The Morgan fingerprint density at radius 2 is 1.81 bits per heavy atom. The van der Waals surface area contributed by atoms with Crippen LogP contribution in [0.2, 0.25) is 0 Å². The van der Waals surface area contributed by atoms with E-state index in [1.165, 1.54) is 10.4 Å². The number of nitrogens with zero attached hydrogens (tertiary/aromatic N) is 2. The van der Waals surface area contributed by atoms with Gasteiger partial charge in [-0.2, -0.15) is 26.3 Å². The third kappa shape index (κ3) is 9.81. The molecule has 2 aromatic rings. The Balaban J connectivity index is 0.000000286. The maximum Gasteiger partial charge on any atom is 0.490 e. The van der Waals surface area contributed by atoms with Crippen molar-refractivity contribution in [2.45, 2.75) is 50.4 Å². The van der Waals surface area contributed by atoms with E-state index in [4.69, 9.17) is 29.3 Å². The molecular weight excluding hydrogens is 534 g/mol. The Morgan fingerprint density at radius 3 is 2.30 bits per heavy atom. The summed E-state index contributed by atoms with van der Waals surface area (Å²) < 4.78 is 75.7. The molecule has 0 unspecified atom stereocenters. The van der Waals surface area contributed by atoms with Crippen LogP contribution in [0.4, 0.5) is 26.3 Å². The van der Waals surface area contributed by atoms with Crippen LogP contribution in [-0.4, -0.2) is 75.8 Å². The average molecular weight is 558 g/mol. The summed E-state index contributed by atoms with van der Waals surface area (Å²) in [7, 11) is 0. The number of rotatable bonds is 4. The second-order valence-corrected chi connectivity index (χ2v) is 9.22. The molecule has 2 N–H and O–H groups in total. The summed E-state index contributed by atoms with van der Waals surface area (Å²) in [6, 6.07) is 6.07. The number of hydrogen-bond donors (Lipinski definition) is 2. The van der Waals surface area contributed by atoms with Crippen LogP contribution in [0.1, 0.15) is 23.3 Å². The number of carboxylic acid groups (broad SMARTS) is 2. The molecule has 0 bridgehead atoms. The van der Waals surface area contributed by atoms with Crippen LogP contribution in [0.3, 0.4) is 0 Å². The number of alkyl halides is 6. The molecule has 206 valence electrons. The van der Waals surface area contributed by atoms with E-state index in [1.807, 2.05) is 23.5 Å². The Labute approximate surface area is 211 Å². The number of pyridine rings is 1. The van der Waals surface area contributed by atoms with Crippen molar-refractivity contribution >= 4 is 23.3 Å². The van der Waals surface area contributed by atoms with E-state index in [0.29, 0.717) is 6.61 Å². The molecule has 0 amide bonds. The van der Waals surface area contributed by atoms with Crippen LogP contribution in [0, 0.1) is 6.92 Å². The molecule has 0 radical (unpaired) electrons. The lowest BCUT2D eigenvalue weighted by Crippen LogP contribution is -2.33. The number of aromatic nitrogens is 1. The van der Waals surface area contributed by atoms with E-state index in [1.54, 1.807) is 12.4 Å². The zero-order valence-corrected chi connectivity index (χ0v) is 20.2. The summed E-state index contributed by atoms with van der Waals surface area (Å²) in [6.45, 7) is 6.04. The summed E-state index contributed by atoms with van der Waals surface area (Å²) in [5, 5.41) is 16.4. The highest BCUT2D eigenvalue weighted by Gasteiger charge is 2.46. The van der Waals surface area contributed by atoms with Gasteiger partial charge in [-0.1, -0.05) is 0 Å². The molecule has 4 rings (SSSR count). The minimum absolute atomic E-state index is 0.0158. The summed E-state index contributed by atoms with van der Waals surface area (Å²) in [5.41, 5.74) is 1.39. The zero-order chi connectivity index (χ0) is 27.9. The molecular formula is C22H24F6N2O6S. The molecule has 4 heterocycles. The predicted octanol–water partition coefficient (Wildman–Crippen LogP) is 4.53. The maximum atomic E-state index is 10.6. The van der Waals surface area contributed by atoms with Crippen molar-refractivity contribution in [3.8, 4) is 5.75 Å². The maximum absolute atomic E-state index is 10.6. The number of aryl methyl sites for hydroxylation is 1. The van der Waals surface area contributed by atoms with Gasteiger partial charge in [0.1, 0.15) is 11.9 Å².